The number of rotatable bonds is 6. The summed E-state index contributed by atoms with van der Waals surface area (Å²) in [6.45, 7) is 15.8. The molecule has 0 aliphatic heterocycles. The molecule has 0 atom stereocenters. The molecule has 0 N–H and O–H groups in total. The largest absolute Gasteiger partial charge is 0.310 e. The number of nitrogens with zero attached hydrogens (tertiary/aromatic N) is 2. The van der Waals surface area contributed by atoms with E-state index in [0.29, 0.717) is 0 Å². The van der Waals surface area contributed by atoms with Crippen LogP contribution in [-0.2, 0) is 10.8 Å². The van der Waals surface area contributed by atoms with Crippen LogP contribution in [0.1, 0.15) is 66.6 Å². The van der Waals surface area contributed by atoms with Gasteiger partial charge in [-0.3, -0.25) is 0 Å². The monoisotopic (exact) mass is 722 g/mol. The Morgan fingerprint density at radius 1 is 0.382 bits per heavy atom. The van der Waals surface area contributed by atoms with Gasteiger partial charge >= 0.3 is 0 Å². The second kappa shape index (κ2) is 12.5. The van der Waals surface area contributed by atoms with Crippen LogP contribution in [0.3, 0.4) is 0 Å². The minimum atomic E-state index is -0.266. The van der Waals surface area contributed by atoms with Crippen molar-refractivity contribution in [2.45, 2.75) is 59.3 Å². The van der Waals surface area contributed by atoms with Gasteiger partial charge in [-0.05, 0) is 179 Å². The summed E-state index contributed by atoms with van der Waals surface area (Å²) >= 11 is 0. The molecule has 7 aromatic rings. The second-order valence-corrected chi connectivity index (χ2v) is 16.3. The summed E-state index contributed by atoms with van der Waals surface area (Å²) in [6.07, 6.45) is 0. The van der Waals surface area contributed by atoms with E-state index in [9.17, 15) is 8.78 Å². The highest BCUT2D eigenvalue weighted by Gasteiger charge is 2.43. The van der Waals surface area contributed by atoms with Crippen molar-refractivity contribution in [2.24, 2.45) is 0 Å². The van der Waals surface area contributed by atoms with E-state index in [1.165, 1.54) is 74.3 Å². The SMILES string of the molecule is Cc1ccccc1N(c1ccc(F)cc1)c1ccc2c(c1)C(C)(C)c1cc3c(cc1-2)C(C)(C)c1cc(N(c2ccc(F)cc2)c2ccccc2C)cc(C)c1-3. The molecule has 0 aromatic heterocycles. The summed E-state index contributed by atoms with van der Waals surface area (Å²) in [7, 11) is 0. The summed E-state index contributed by atoms with van der Waals surface area (Å²) in [6, 6.07) is 46.7. The number of hydrogen-bond donors (Lipinski definition) is 0. The van der Waals surface area contributed by atoms with E-state index in [4.69, 9.17) is 0 Å². The molecule has 0 saturated heterocycles. The Morgan fingerprint density at radius 3 is 1.38 bits per heavy atom. The molecule has 0 heterocycles. The molecule has 272 valence electrons. The minimum absolute atomic E-state index is 0.250. The van der Waals surface area contributed by atoms with E-state index in [1.54, 1.807) is 0 Å². The molecular weight excluding hydrogens is 679 g/mol. The van der Waals surface area contributed by atoms with Crippen molar-refractivity contribution >= 4 is 34.1 Å². The third-order valence-electron chi connectivity index (χ3n) is 12.1. The number of fused-ring (bicyclic) bond motifs is 6. The minimum Gasteiger partial charge on any atom is -0.310 e. The van der Waals surface area contributed by atoms with Gasteiger partial charge in [0.15, 0.2) is 0 Å². The van der Waals surface area contributed by atoms with Crippen LogP contribution in [0.5, 0.6) is 0 Å². The Bertz CT molecular complexity index is 2650. The maximum atomic E-state index is 14.2. The molecule has 0 fully saturated rings. The van der Waals surface area contributed by atoms with Crippen molar-refractivity contribution in [3.05, 3.63) is 190 Å². The first-order valence-electron chi connectivity index (χ1n) is 19.1. The van der Waals surface area contributed by atoms with Gasteiger partial charge in [0.25, 0.3) is 0 Å². The van der Waals surface area contributed by atoms with Gasteiger partial charge in [-0.2, -0.15) is 0 Å². The molecular formula is C51H44F2N2. The summed E-state index contributed by atoms with van der Waals surface area (Å²) < 4.78 is 28.3. The normalized spacial score (nSPS) is 14.2. The van der Waals surface area contributed by atoms with E-state index < -0.39 is 0 Å². The van der Waals surface area contributed by atoms with Crippen LogP contribution in [0.4, 0.5) is 42.9 Å². The molecule has 0 amide bonds. The van der Waals surface area contributed by atoms with E-state index in [0.717, 1.165) is 45.3 Å². The molecule has 2 aliphatic rings. The number of anilines is 6. The van der Waals surface area contributed by atoms with Crippen LogP contribution in [-0.4, -0.2) is 0 Å². The first-order valence-corrected chi connectivity index (χ1v) is 19.1. The quantitative estimate of drug-likeness (QED) is 0.169. The van der Waals surface area contributed by atoms with Gasteiger partial charge in [-0.15, -0.1) is 0 Å². The van der Waals surface area contributed by atoms with Crippen molar-refractivity contribution in [1.82, 2.24) is 0 Å². The van der Waals surface area contributed by atoms with Gasteiger partial charge in [0.05, 0.1) is 0 Å². The smallest absolute Gasteiger partial charge is 0.123 e. The molecule has 9 rings (SSSR count). The van der Waals surface area contributed by atoms with Crippen LogP contribution >= 0.6 is 0 Å². The summed E-state index contributed by atoms with van der Waals surface area (Å²) in [4.78, 5) is 4.49. The van der Waals surface area contributed by atoms with Gasteiger partial charge in [-0.1, -0.05) is 70.2 Å². The molecule has 55 heavy (non-hydrogen) atoms. The number of benzene rings is 7. The molecule has 0 bridgehead atoms. The Morgan fingerprint density at radius 2 is 0.818 bits per heavy atom. The van der Waals surface area contributed by atoms with Crippen LogP contribution < -0.4 is 9.80 Å². The highest BCUT2D eigenvalue weighted by Crippen LogP contribution is 2.58. The molecule has 2 nitrogen and oxygen atoms in total. The zero-order valence-corrected chi connectivity index (χ0v) is 32.4. The number of hydrogen-bond acceptors (Lipinski definition) is 2. The lowest BCUT2D eigenvalue weighted by Crippen LogP contribution is -2.18. The van der Waals surface area contributed by atoms with Gasteiger partial charge in [0.1, 0.15) is 11.6 Å². The predicted molar refractivity (Wildman–Crippen MR) is 225 cm³/mol. The van der Waals surface area contributed by atoms with Crippen molar-refractivity contribution in [3.8, 4) is 22.3 Å². The Balaban J connectivity index is 1.17. The highest BCUT2D eigenvalue weighted by atomic mass is 19.1. The molecule has 0 saturated carbocycles. The Labute approximate surface area is 323 Å². The van der Waals surface area contributed by atoms with Crippen molar-refractivity contribution in [3.63, 3.8) is 0 Å². The van der Waals surface area contributed by atoms with Crippen LogP contribution in [0.25, 0.3) is 22.3 Å². The lowest BCUT2D eigenvalue weighted by atomic mass is 9.79. The fourth-order valence-corrected chi connectivity index (χ4v) is 9.19. The summed E-state index contributed by atoms with van der Waals surface area (Å²) in [5.41, 5.74) is 19.4. The fourth-order valence-electron chi connectivity index (χ4n) is 9.19. The van der Waals surface area contributed by atoms with Gasteiger partial charge in [-0.25, -0.2) is 8.78 Å². The van der Waals surface area contributed by atoms with Crippen molar-refractivity contribution in [2.75, 3.05) is 9.80 Å². The average molecular weight is 723 g/mol. The lowest BCUT2D eigenvalue weighted by Gasteiger charge is -2.30. The van der Waals surface area contributed by atoms with Gasteiger partial charge in [0.2, 0.25) is 0 Å². The summed E-state index contributed by atoms with van der Waals surface area (Å²) in [5, 5.41) is 0. The Hall–Kier alpha value is -6.00. The van der Waals surface area contributed by atoms with E-state index in [2.05, 4.69) is 149 Å². The van der Waals surface area contributed by atoms with Gasteiger partial charge < -0.3 is 9.80 Å². The molecule has 0 unspecified atom stereocenters. The average Bonchev–Trinajstić information content (AvgIpc) is 3.53. The number of halogens is 2. The molecule has 0 spiro atoms. The van der Waals surface area contributed by atoms with Crippen LogP contribution in [0, 0.1) is 32.4 Å². The molecule has 2 aliphatic carbocycles. The van der Waals surface area contributed by atoms with Gasteiger partial charge in [0, 0.05) is 45.0 Å². The first-order chi connectivity index (χ1) is 26.3. The van der Waals surface area contributed by atoms with E-state index >= 15 is 0 Å². The van der Waals surface area contributed by atoms with E-state index in [1.807, 2.05) is 24.3 Å². The highest BCUT2D eigenvalue weighted by molar-refractivity contribution is 5.93. The fraction of sp³-hybridized carbons (Fsp3) is 0.176. The number of aryl methyl sites for hydroxylation is 3. The zero-order valence-electron chi connectivity index (χ0n) is 32.4. The topological polar surface area (TPSA) is 6.48 Å². The third-order valence-corrected chi connectivity index (χ3v) is 12.1. The standard InChI is InChI=1S/C51H44F2N2/c1-31-12-8-10-14-47(31)54(36-20-16-34(52)17-21-36)38-24-25-40-41-29-45-42(30-44(41)50(4,5)43(40)27-38)49-33(3)26-39(28-46(49)51(45,6)7)55(37-22-18-35(53)19-23-37)48-15-11-9-13-32(48)2/h8-30H,1-7H3. The summed E-state index contributed by atoms with van der Waals surface area (Å²) in [5.74, 6) is -0.500. The van der Waals surface area contributed by atoms with E-state index in [-0.39, 0.29) is 22.5 Å². The molecule has 4 heteroatoms. The number of para-hydroxylation sites is 2. The first kappa shape index (κ1) is 34.7. The molecule has 7 aromatic carbocycles. The molecule has 0 radical (unpaired) electrons. The van der Waals surface area contributed by atoms with Crippen LogP contribution in [0.2, 0.25) is 0 Å². The maximum absolute atomic E-state index is 14.2. The predicted octanol–water partition coefficient (Wildman–Crippen LogP) is 14.4. The lowest BCUT2D eigenvalue weighted by molar-refractivity contribution is 0.627. The third kappa shape index (κ3) is 5.41. The Kier molecular flexibility index (Phi) is 7.91. The second-order valence-electron chi connectivity index (χ2n) is 16.3. The maximum Gasteiger partial charge on any atom is 0.123 e. The van der Waals surface area contributed by atoms with Crippen LogP contribution in [0.15, 0.2) is 140 Å². The van der Waals surface area contributed by atoms with Crippen molar-refractivity contribution < 1.29 is 8.78 Å². The van der Waals surface area contributed by atoms with Crippen molar-refractivity contribution in [1.29, 1.82) is 0 Å². The zero-order chi connectivity index (χ0) is 38.4.